The second kappa shape index (κ2) is 44.1. The van der Waals surface area contributed by atoms with Crippen LogP contribution in [-0.2, 0) is 28.6 Å². The van der Waals surface area contributed by atoms with Crippen molar-refractivity contribution in [2.24, 2.45) is 0 Å². The molecule has 1 unspecified atom stereocenters. The fraction of sp³-hybridized carbons (Fsp3) is 0.776. The molecule has 0 aromatic carbocycles. The normalized spacial score (nSPS) is 12.4. The molecule has 6 nitrogen and oxygen atoms in total. The molecule has 318 valence electrons. The van der Waals surface area contributed by atoms with Gasteiger partial charge in [-0.2, -0.15) is 0 Å². The average Bonchev–Trinajstić information content (AvgIpc) is 3.18. The van der Waals surface area contributed by atoms with Crippen LogP contribution in [0.1, 0.15) is 226 Å². The Labute approximate surface area is 339 Å². The van der Waals surface area contributed by atoms with E-state index < -0.39 is 6.10 Å². The molecule has 0 radical (unpaired) electrons. The van der Waals surface area contributed by atoms with E-state index in [2.05, 4.69) is 69.4 Å². The highest BCUT2D eigenvalue weighted by Gasteiger charge is 2.19. The average molecular weight is 771 g/mol. The molecule has 6 heteroatoms. The first-order chi connectivity index (χ1) is 27.0. The lowest BCUT2D eigenvalue weighted by atomic mass is 10.1. The second-order valence-corrected chi connectivity index (χ2v) is 15.3. The molecule has 0 aromatic heterocycles. The third-order valence-corrected chi connectivity index (χ3v) is 9.85. The third-order valence-electron chi connectivity index (χ3n) is 9.85. The van der Waals surface area contributed by atoms with E-state index in [0.717, 1.165) is 89.9 Å². The molecular formula is C49H86O6. The van der Waals surface area contributed by atoms with Gasteiger partial charge in [-0.25, -0.2) is 0 Å². The van der Waals surface area contributed by atoms with Crippen LogP contribution in [0.2, 0.25) is 0 Å². The van der Waals surface area contributed by atoms with Gasteiger partial charge in [-0.3, -0.25) is 14.4 Å². The van der Waals surface area contributed by atoms with Crippen molar-refractivity contribution < 1.29 is 28.6 Å². The topological polar surface area (TPSA) is 78.9 Å². The van der Waals surface area contributed by atoms with E-state index in [1.807, 2.05) is 0 Å². The summed E-state index contributed by atoms with van der Waals surface area (Å²) in [6.07, 6.45) is 51.0. The van der Waals surface area contributed by atoms with Gasteiger partial charge in [0.15, 0.2) is 6.10 Å². The summed E-state index contributed by atoms with van der Waals surface area (Å²) in [5.74, 6) is -0.895. The van der Waals surface area contributed by atoms with Crippen molar-refractivity contribution in [3.63, 3.8) is 0 Å². The molecule has 0 spiro atoms. The number of allylic oxidation sites excluding steroid dienone is 8. The molecule has 55 heavy (non-hydrogen) atoms. The van der Waals surface area contributed by atoms with Crippen molar-refractivity contribution >= 4 is 17.9 Å². The van der Waals surface area contributed by atoms with Crippen LogP contribution >= 0.6 is 0 Å². The first kappa shape index (κ1) is 52.4. The summed E-state index contributed by atoms with van der Waals surface area (Å²) in [5.41, 5.74) is 0. The van der Waals surface area contributed by atoms with Gasteiger partial charge in [0.05, 0.1) is 0 Å². The van der Waals surface area contributed by atoms with Crippen LogP contribution in [0.3, 0.4) is 0 Å². The Hall–Kier alpha value is -2.63. The number of esters is 3. The van der Waals surface area contributed by atoms with E-state index in [1.54, 1.807) is 0 Å². The minimum Gasteiger partial charge on any atom is -0.462 e. The van der Waals surface area contributed by atoms with E-state index in [1.165, 1.54) is 96.3 Å². The fourth-order valence-electron chi connectivity index (χ4n) is 6.37. The van der Waals surface area contributed by atoms with E-state index in [-0.39, 0.29) is 31.1 Å². The monoisotopic (exact) mass is 771 g/mol. The highest BCUT2D eigenvalue weighted by molar-refractivity contribution is 5.71. The van der Waals surface area contributed by atoms with Gasteiger partial charge >= 0.3 is 17.9 Å². The van der Waals surface area contributed by atoms with E-state index in [9.17, 15) is 14.4 Å². The Bertz CT molecular complexity index is 980. The zero-order chi connectivity index (χ0) is 40.1. The lowest BCUT2D eigenvalue weighted by Gasteiger charge is -2.18. The SMILES string of the molecule is CC/C=C\C/C=C\C/C=C\C/C=C\CCCCCCCCC(=O)OCC(COC(=O)CCCCCCCCCC)OC(=O)CCCCCCCCCCCC. The van der Waals surface area contributed by atoms with Gasteiger partial charge in [0.2, 0.25) is 0 Å². The summed E-state index contributed by atoms with van der Waals surface area (Å²) < 4.78 is 16.7. The second-order valence-electron chi connectivity index (χ2n) is 15.3. The quantitative estimate of drug-likeness (QED) is 0.0267. The molecule has 0 aliphatic heterocycles. The van der Waals surface area contributed by atoms with Crippen molar-refractivity contribution in [1.82, 2.24) is 0 Å². The number of unbranched alkanes of at least 4 members (excludes halogenated alkanes) is 22. The van der Waals surface area contributed by atoms with E-state index in [0.29, 0.717) is 19.3 Å². The molecule has 0 heterocycles. The third kappa shape index (κ3) is 42.4. The zero-order valence-corrected chi connectivity index (χ0v) is 36.2. The molecule has 0 bridgehead atoms. The van der Waals surface area contributed by atoms with Crippen LogP contribution in [0.4, 0.5) is 0 Å². The van der Waals surface area contributed by atoms with E-state index >= 15 is 0 Å². The lowest BCUT2D eigenvalue weighted by Crippen LogP contribution is -2.30. The summed E-state index contributed by atoms with van der Waals surface area (Å²) in [6.45, 7) is 6.46. The van der Waals surface area contributed by atoms with Crippen molar-refractivity contribution in [3.8, 4) is 0 Å². The van der Waals surface area contributed by atoms with Gasteiger partial charge in [0.25, 0.3) is 0 Å². The molecule has 0 aromatic rings. The first-order valence-electron chi connectivity index (χ1n) is 23.1. The number of hydrogen-bond acceptors (Lipinski definition) is 6. The standard InChI is InChI=1S/C49H86O6/c1-4-7-10-13-16-19-21-22-23-24-25-26-27-28-29-31-33-36-39-42-48(51)54-45-46(44-53-47(50)41-38-35-32-18-15-12-9-6-3)55-49(52)43-40-37-34-30-20-17-14-11-8-5-2/h7,10,16,19,22-23,25-26,46H,4-6,8-9,11-15,17-18,20-21,24,27-45H2,1-3H3/b10-7-,19-16-,23-22-,26-25-. The largest absolute Gasteiger partial charge is 0.462 e. The zero-order valence-electron chi connectivity index (χ0n) is 36.2. The molecule has 0 amide bonds. The Morgan fingerprint density at radius 3 is 1.11 bits per heavy atom. The van der Waals surface area contributed by atoms with Gasteiger partial charge < -0.3 is 14.2 Å². The van der Waals surface area contributed by atoms with Gasteiger partial charge in [0, 0.05) is 19.3 Å². The number of rotatable bonds is 41. The Morgan fingerprint density at radius 1 is 0.382 bits per heavy atom. The van der Waals surface area contributed by atoms with Gasteiger partial charge in [-0.05, 0) is 57.8 Å². The maximum Gasteiger partial charge on any atom is 0.306 e. The number of hydrogen-bond donors (Lipinski definition) is 0. The summed E-state index contributed by atoms with van der Waals surface area (Å²) in [7, 11) is 0. The highest BCUT2D eigenvalue weighted by atomic mass is 16.6. The number of carbonyl (C=O) groups is 3. The van der Waals surface area contributed by atoms with Crippen molar-refractivity contribution in [1.29, 1.82) is 0 Å². The van der Waals surface area contributed by atoms with Crippen LogP contribution < -0.4 is 0 Å². The fourth-order valence-corrected chi connectivity index (χ4v) is 6.37. The van der Waals surface area contributed by atoms with Crippen LogP contribution in [-0.4, -0.2) is 37.2 Å². The molecule has 0 N–H and O–H groups in total. The minimum atomic E-state index is -0.771. The van der Waals surface area contributed by atoms with Gasteiger partial charge in [0.1, 0.15) is 13.2 Å². The molecular weight excluding hydrogens is 685 g/mol. The van der Waals surface area contributed by atoms with Crippen LogP contribution in [0, 0.1) is 0 Å². The minimum absolute atomic E-state index is 0.0756. The molecule has 0 saturated carbocycles. The van der Waals surface area contributed by atoms with Crippen LogP contribution in [0.5, 0.6) is 0 Å². The van der Waals surface area contributed by atoms with Crippen LogP contribution in [0.15, 0.2) is 48.6 Å². The summed E-state index contributed by atoms with van der Waals surface area (Å²) >= 11 is 0. The van der Waals surface area contributed by atoms with Crippen molar-refractivity contribution in [2.45, 2.75) is 232 Å². The maximum atomic E-state index is 12.7. The summed E-state index contributed by atoms with van der Waals surface area (Å²) in [4.78, 5) is 37.6. The molecule has 0 fully saturated rings. The number of carbonyl (C=O) groups excluding carboxylic acids is 3. The van der Waals surface area contributed by atoms with Crippen LogP contribution in [0.25, 0.3) is 0 Å². The highest BCUT2D eigenvalue weighted by Crippen LogP contribution is 2.14. The van der Waals surface area contributed by atoms with Gasteiger partial charge in [-0.15, -0.1) is 0 Å². The Kier molecular flexibility index (Phi) is 42.0. The van der Waals surface area contributed by atoms with Gasteiger partial charge in [-0.1, -0.05) is 198 Å². The predicted molar refractivity (Wildman–Crippen MR) is 233 cm³/mol. The molecule has 0 rings (SSSR count). The molecule has 0 aliphatic carbocycles. The van der Waals surface area contributed by atoms with Crippen molar-refractivity contribution in [3.05, 3.63) is 48.6 Å². The summed E-state index contributed by atoms with van der Waals surface area (Å²) in [5, 5.41) is 0. The Balaban J connectivity index is 4.28. The number of ether oxygens (including phenoxy) is 3. The van der Waals surface area contributed by atoms with Crippen molar-refractivity contribution in [2.75, 3.05) is 13.2 Å². The summed E-state index contributed by atoms with van der Waals surface area (Å²) in [6, 6.07) is 0. The Morgan fingerprint density at radius 2 is 0.709 bits per heavy atom. The smallest absolute Gasteiger partial charge is 0.306 e. The lowest BCUT2D eigenvalue weighted by molar-refractivity contribution is -0.167. The molecule has 0 saturated heterocycles. The molecule has 0 aliphatic rings. The maximum absolute atomic E-state index is 12.7. The first-order valence-corrected chi connectivity index (χ1v) is 23.1. The van der Waals surface area contributed by atoms with E-state index in [4.69, 9.17) is 14.2 Å². The predicted octanol–water partition coefficient (Wildman–Crippen LogP) is 14.8. The molecule has 1 atom stereocenters.